The van der Waals surface area contributed by atoms with Gasteiger partial charge in [-0.2, -0.15) is 0 Å². The molecule has 0 saturated carbocycles. The van der Waals surface area contributed by atoms with Crippen LogP contribution in [-0.2, 0) is 11.2 Å². The molecular formula is C16H18N2O2S2. The minimum Gasteiger partial charge on any atom is -0.354 e. The summed E-state index contributed by atoms with van der Waals surface area (Å²) in [6.07, 6.45) is 2.48. The molecule has 3 heterocycles. The molecule has 1 fully saturated rings. The highest BCUT2D eigenvalue weighted by Gasteiger charge is 2.34. The normalized spacial score (nSPS) is 17.6. The molecule has 2 aromatic rings. The van der Waals surface area contributed by atoms with E-state index in [-0.39, 0.29) is 17.9 Å². The van der Waals surface area contributed by atoms with Gasteiger partial charge in [0.2, 0.25) is 5.91 Å². The van der Waals surface area contributed by atoms with Gasteiger partial charge in [0, 0.05) is 18.0 Å². The minimum absolute atomic E-state index is 0.0223. The van der Waals surface area contributed by atoms with Gasteiger partial charge in [-0.25, -0.2) is 0 Å². The second kappa shape index (κ2) is 7.07. The highest BCUT2D eigenvalue weighted by molar-refractivity contribution is 7.12. The molecule has 1 N–H and O–H groups in total. The molecule has 0 spiro atoms. The summed E-state index contributed by atoms with van der Waals surface area (Å²) in [6.45, 7) is 1.29. The number of hydrogen-bond donors (Lipinski definition) is 1. The lowest BCUT2D eigenvalue weighted by molar-refractivity contribution is -0.124. The quantitative estimate of drug-likeness (QED) is 0.914. The van der Waals surface area contributed by atoms with E-state index in [1.807, 2.05) is 29.0 Å². The van der Waals surface area contributed by atoms with Crippen LogP contribution in [0.25, 0.3) is 0 Å². The summed E-state index contributed by atoms with van der Waals surface area (Å²) < 4.78 is 0. The number of rotatable bonds is 5. The van der Waals surface area contributed by atoms with E-state index in [9.17, 15) is 9.59 Å². The van der Waals surface area contributed by atoms with Gasteiger partial charge in [0.1, 0.15) is 6.04 Å². The zero-order chi connectivity index (χ0) is 15.4. The number of likely N-dealkylation sites (tertiary alicyclic amines) is 1. The fourth-order valence-corrected chi connectivity index (χ4v) is 4.09. The molecule has 22 heavy (non-hydrogen) atoms. The summed E-state index contributed by atoms with van der Waals surface area (Å²) in [5, 5.41) is 6.90. The van der Waals surface area contributed by atoms with Crippen LogP contribution in [0.4, 0.5) is 0 Å². The van der Waals surface area contributed by atoms with E-state index in [0.29, 0.717) is 18.0 Å². The first-order valence-corrected chi connectivity index (χ1v) is 9.16. The number of nitrogens with zero attached hydrogens (tertiary/aromatic N) is 1. The second-order valence-corrected chi connectivity index (χ2v) is 7.23. The fourth-order valence-electron chi connectivity index (χ4n) is 2.71. The van der Waals surface area contributed by atoms with E-state index >= 15 is 0 Å². The van der Waals surface area contributed by atoms with Gasteiger partial charge in [-0.1, -0.05) is 12.1 Å². The third-order valence-corrected chi connectivity index (χ3v) is 5.59. The van der Waals surface area contributed by atoms with E-state index in [4.69, 9.17) is 0 Å². The lowest BCUT2D eigenvalue weighted by atomic mass is 10.2. The maximum absolute atomic E-state index is 12.4. The van der Waals surface area contributed by atoms with E-state index in [1.165, 1.54) is 16.2 Å². The van der Waals surface area contributed by atoms with Gasteiger partial charge in [-0.05, 0) is 42.2 Å². The maximum Gasteiger partial charge on any atom is 0.264 e. The molecule has 0 radical (unpaired) electrons. The molecule has 1 saturated heterocycles. The molecule has 1 aliphatic heterocycles. The van der Waals surface area contributed by atoms with Crippen LogP contribution >= 0.6 is 22.7 Å². The molecule has 0 bridgehead atoms. The van der Waals surface area contributed by atoms with Gasteiger partial charge in [-0.15, -0.1) is 22.7 Å². The molecule has 116 valence electrons. The molecular weight excluding hydrogens is 316 g/mol. The fraction of sp³-hybridized carbons (Fsp3) is 0.375. The Balaban J connectivity index is 1.55. The van der Waals surface area contributed by atoms with E-state index in [2.05, 4.69) is 11.4 Å². The number of carbonyl (C=O) groups excluding carboxylic acids is 2. The molecule has 4 nitrogen and oxygen atoms in total. The topological polar surface area (TPSA) is 49.4 Å². The summed E-state index contributed by atoms with van der Waals surface area (Å²) in [6, 6.07) is 7.44. The van der Waals surface area contributed by atoms with Crippen LogP contribution in [0.3, 0.4) is 0 Å². The first-order valence-electron chi connectivity index (χ1n) is 7.40. The first kappa shape index (κ1) is 15.2. The van der Waals surface area contributed by atoms with Crippen LogP contribution in [-0.4, -0.2) is 35.8 Å². The Hall–Kier alpha value is -1.66. The summed E-state index contributed by atoms with van der Waals surface area (Å²) in [4.78, 5) is 28.5. The number of amides is 2. The van der Waals surface area contributed by atoms with Gasteiger partial charge < -0.3 is 10.2 Å². The van der Waals surface area contributed by atoms with Gasteiger partial charge in [0.15, 0.2) is 0 Å². The van der Waals surface area contributed by atoms with Crippen molar-refractivity contribution in [2.45, 2.75) is 25.3 Å². The highest BCUT2D eigenvalue weighted by atomic mass is 32.1. The predicted molar refractivity (Wildman–Crippen MR) is 89.4 cm³/mol. The van der Waals surface area contributed by atoms with Crippen molar-refractivity contribution in [3.8, 4) is 0 Å². The SMILES string of the molecule is O=C(NCCc1cccs1)[C@H]1CCCN1C(=O)c1cccs1. The lowest BCUT2D eigenvalue weighted by Gasteiger charge is -2.23. The molecule has 1 aliphatic rings. The summed E-state index contributed by atoms with van der Waals surface area (Å²) in [5.41, 5.74) is 0. The zero-order valence-electron chi connectivity index (χ0n) is 12.2. The Kier molecular flexibility index (Phi) is 4.90. The Morgan fingerprint density at radius 1 is 1.23 bits per heavy atom. The van der Waals surface area contributed by atoms with Crippen molar-refractivity contribution < 1.29 is 9.59 Å². The van der Waals surface area contributed by atoms with Crippen LogP contribution in [0.2, 0.25) is 0 Å². The largest absolute Gasteiger partial charge is 0.354 e. The van der Waals surface area contributed by atoms with Crippen molar-refractivity contribution in [2.24, 2.45) is 0 Å². The predicted octanol–water partition coefficient (Wildman–Crippen LogP) is 2.77. The van der Waals surface area contributed by atoms with Gasteiger partial charge in [0.25, 0.3) is 5.91 Å². The van der Waals surface area contributed by atoms with Crippen LogP contribution in [0, 0.1) is 0 Å². The molecule has 0 unspecified atom stereocenters. The molecule has 2 amide bonds. The molecule has 0 aromatic carbocycles. The van der Waals surface area contributed by atoms with Gasteiger partial charge in [-0.3, -0.25) is 9.59 Å². The van der Waals surface area contributed by atoms with Gasteiger partial charge >= 0.3 is 0 Å². The smallest absolute Gasteiger partial charge is 0.264 e. The van der Waals surface area contributed by atoms with E-state index in [0.717, 1.165) is 19.3 Å². The Bertz CT molecular complexity index is 623. The van der Waals surface area contributed by atoms with Crippen molar-refractivity contribution in [2.75, 3.05) is 13.1 Å². The van der Waals surface area contributed by atoms with Crippen molar-refractivity contribution in [3.63, 3.8) is 0 Å². The van der Waals surface area contributed by atoms with Crippen molar-refractivity contribution in [1.82, 2.24) is 10.2 Å². The van der Waals surface area contributed by atoms with Crippen LogP contribution in [0.1, 0.15) is 27.4 Å². The third kappa shape index (κ3) is 3.39. The Morgan fingerprint density at radius 3 is 2.77 bits per heavy atom. The van der Waals surface area contributed by atoms with Crippen molar-refractivity contribution in [1.29, 1.82) is 0 Å². The molecule has 0 aliphatic carbocycles. The maximum atomic E-state index is 12.4. The summed E-state index contributed by atoms with van der Waals surface area (Å²) in [7, 11) is 0. The van der Waals surface area contributed by atoms with E-state index in [1.54, 1.807) is 16.2 Å². The molecule has 2 aromatic heterocycles. The number of thiophene rings is 2. The monoisotopic (exact) mass is 334 g/mol. The molecule has 3 rings (SSSR count). The highest BCUT2D eigenvalue weighted by Crippen LogP contribution is 2.22. The third-order valence-electron chi connectivity index (χ3n) is 3.80. The van der Waals surface area contributed by atoms with E-state index < -0.39 is 0 Å². The number of hydrogen-bond acceptors (Lipinski definition) is 4. The van der Waals surface area contributed by atoms with Gasteiger partial charge in [0.05, 0.1) is 4.88 Å². The molecule has 1 atom stereocenters. The average molecular weight is 334 g/mol. The van der Waals surface area contributed by atoms with Crippen molar-refractivity contribution in [3.05, 3.63) is 44.8 Å². The molecule has 6 heteroatoms. The number of nitrogens with one attached hydrogen (secondary N) is 1. The van der Waals surface area contributed by atoms with Crippen LogP contribution in [0.5, 0.6) is 0 Å². The summed E-state index contributed by atoms with van der Waals surface area (Å²) in [5.74, 6) is -0.0510. The Morgan fingerprint density at radius 2 is 2.05 bits per heavy atom. The summed E-state index contributed by atoms with van der Waals surface area (Å²) >= 11 is 3.12. The van der Waals surface area contributed by atoms with Crippen LogP contribution in [0.15, 0.2) is 35.0 Å². The lowest BCUT2D eigenvalue weighted by Crippen LogP contribution is -2.46. The van der Waals surface area contributed by atoms with Crippen LogP contribution < -0.4 is 5.32 Å². The Labute approximate surface area is 137 Å². The standard InChI is InChI=1S/C16H18N2O2S2/c19-15(17-8-7-12-4-2-10-21-12)13-5-1-9-18(13)16(20)14-6-3-11-22-14/h2-4,6,10-11,13H,1,5,7-9H2,(H,17,19)/t13-/m1/s1. The van der Waals surface area contributed by atoms with Crippen molar-refractivity contribution >= 4 is 34.5 Å². The second-order valence-electron chi connectivity index (χ2n) is 5.25. The average Bonchev–Trinajstić information content (AvgIpc) is 3.26. The zero-order valence-corrected chi connectivity index (χ0v) is 13.8. The number of carbonyl (C=O) groups is 2. The first-order chi connectivity index (χ1) is 10.8. The minimum atomic E-state index is -0.321.